The molecule has 8 heteroatoms. The Bertz CT molecular complexity index is 1050. The first kappa shape index (κ1) is 17.3. The lowest BCUT2D eigenvalue weighted by Crippen LogP contribution is -2.19. The lowest BCUT2D eigenvalue weighted by atomic mass is 10.0. The van der Waals surface area contributed by atoms with Crippen LogP contribution in [0.15, 0.2) is 36.7 Å². The number of anilines is 3. The van der Waals surface area contributed by atoms with Crippen LogP contribution < -0.4 is 10.6 Å². The number of hydrogen-bond donors (Lipinski definition) is 3. The largest absolute Gasteiger partial charge is 0.372 e. The first-order valence-electron chi connectivity index (χ1n) is 8.38. The Morgan fingerprint density at radius 3 is 3.00 bits per heavy atom. The molecule has 0 radical (unpaired) electrons. The lowest BCUT2D eigenvalue weighted by molar-refractivity contribution is 0.117. The van der Waals surface area contributed by atoms with Crippen LogP contribution in [0.5, 0.6) is 0 Å². The van der Waals surface area contributed by atoms with Crippen molar-refractivity contribution in [2.24, 2.45) is 0 Å². The van der Waals surface area contributed by atoms with E-state index in [9.17, 15) is 5.11 Å². The molecule has 1 aliphatic rings. The number of H-pyrrole nitrogens is 1. The number of benzene rings is 1. The van der Waals surface area contributed by atoms with Gasteiger partial charge in [-0.15, -0.1) is 0 Å². The van der Waals surface area contributed by atoms with E-state index in [1.54, 1.807) is 19.2 Å². The normalized spacial score (nSPS) is 15.0. The molecule has 0 aliphatic carbocycles. The summed E-state index contributed by atoms with van der Waals surface area (Å²) in [4.78, 5) is 10.2. The Kier molecular flexibility index (Phi) is 4.22. The van der Waals surface area contributed by atoms with Crippen LogP contribution >= 0.6 is 11.6 Å². The summed E-state index contributed by atoms with van der Waals surface area (Å²) in [6, 6.07) is 7.63. The van der Waals surface area contributed by atoms with Crippen molar-refractivity contribution in [1.29, 1.82) is 0 Å². The SMILES string of the molecule is CC(O)(C#Cc1ccc2c(c1)N(c1nc(N)ncc1Cl)CC2)c1ccn[nH]1. The summed E-state index contributed by atoms with van der Waals surface area (Å²) >= 11 is 6.27. The average Bonchev–Trinajstić information content (AvgIpc) is 3.32. The fourth-order valence-electron chi connectivity index (χ4n) is 3.03. The molecule has 0 saturated carbocycles. The van der Waals surface area contributed by atoms with E-state index < -0.39 is 5.60 Å². The number of nitrogens with two attached hydrogens (primary N) is 1. The molecule has 136 valence electrons. The van der Waals surface area contributed by atoms with Gasteiger partial charge in [-0.1, -0.05) is 29.5 Å². The lowest BCUT2D eigenvalue weighted by Gasteiger charge is -2.19. The number of nitrogens with zero attached hydrogens (tertiary/aromatic N) is 4. The predicted molar refractivity (Wildman–Crippen MR) is 104 cm³/mol. The highest BCUT2D eigenvalue weighted by atomic mass is 35.5. The standard InChI is InChI=1S/C19H17ClN6O/c1-19(27,16-5-8-23-25-16)7-4-12-2-3-13-6-9-26(15(13)10-12)17-14(20)11-22-18(21)24-17/h2-3,5,8,10-11,27H,6,9H2,1H3,(H,23,25)(H2,21,22,24). The van der Waals surface area contributed by atoms with Crippen molar-refractivity contribution >= 4 is 29.1 Å². The number of hydrogen-bond acceptors (Lipinski definition) is 6. The van der Waals surface area contributed by atoms with Crippen molar-refractivity contribution in [1.82, 2.24) is 20.2 Å². The first-order valence-corrected chi connectivity index (χ1v) is 8.76. The third-order valence-corrected chi connectivity index (χ3v) is 4.72. The summed E-state index contributed by atoms with van der Waals surface area (Å²) in [6.45, 7) is 2.37. The number of nitrogen functional groups attached to an aromatic ring is 1. The third-order valence-electron chi connectivity index (χ3n) is 4.46. The van der Waals surface area contributed by atoms with Crippen LogP contribution in [0.4, 0.5) is 17.5 Å². The summed E-state index contributed by atoms with van der Waals surface area (Å²) < 4.78 is 0. The Balaban J connectivity index is 1.68. The molecule has 1 unspecified atom stereocenters. The molecule has 1 aromatic carbocycles. The monoisotopic (exact) mass is 380 g/mol. The highest BCUT2D eigenvalue weighted by Gasteiger charge is 2.24. The van der Waals surface area contributed by atoms with Gasteiger partial charge in [0.15, 0.2) is 11.4 Å². The minimum atomic E-state index is -1.32. The molecule has 1 atom stereocenters. The summed E-state index contributed by atoms with van der Waals surface area (Å²) in [5.41, 5.74) is 7.87. The van der Waals surface area contributed by atoms with Crippen LogP contribution in [0, 0.1) is 11.8 Å². The van der Waals surface area contributed by atoms with Gasteiger partial charge < -0.3 is 15.7 Å². The van der Waals surface area contributed by atoms with Gasteiger partial charge in [0.2, 0.25) is 5.95 Å². The predicted octanol–water partition coefficient (Wildman–Crippen LogP) is 2.39. The number of aromatic amines is 1. The number of aliphatic hydroxyl groups is 1. The van der Waals surface area contributed by atoms with E-state index in [0.717, 1.165) is 24.2 Å². The van der Waals surface area contributed by atoms with E-state index in [-0.39, 0.29) is 5.95 Å². The second-order valence-corrected chi connectivity index (χ2v) is 6.84. The van der Waals surface area contributed by atoms with Crippen molar-refractivity contribution in [3.05, 3.63) is 58.5 Å². The van der Waals surface area contributed by atoms with Crippen molar-refractivity contribution in [3.8, 4) is 11.8 Å². The summed E-state index contributed by atoms with van der Waals surface area (Å²) in [7, 11) is 0. The minimum absolute atomic E-state index is 0.175. The van der Waals surface area contributed by atoms with Crippen molar-refractivity contribution in [2.75, 3.05) is 17.2 Å². The Labute approximate surface area is 161 Å². The molecule has 0 bridgehead atoms. The molecule has 4 N–H and O–H groups in total. The van der Waals surface area contributed by atoms with Crippen LogP contribution in [0.25, 0.3) is 0 Å². The summed E-state index contributed by atoms with van der Waals surface area (Å²) in [5, 5.41) is 17.6. The zero-order valence-electron chi connectivity index (χ0n) is 14.6. The number of fused-ring (bicyclic) bond motifs is 1. The minimum Gasteiger partial charge on any atom is -0.372 e. The van der Waals surface area contributed by atoms with E-state index in [1.165, 1.54) is 11.8 Å². The van der Waals surface area contributed by atoms with E-state index >= 15 is 0 Å². The molecule has 4 rings (SSSR count). The van der Waals surface area contributed by atoms with Gasteiger partial charge in [0.05, 0.1) is 11.9 Å². The molecule has 0 fully saturated rings. The topological polar surface area (TPSA) is 104 Å². The number of rotatable bonds is 2. The average molecular weight is 381 g/mol. The van der Waals surface area contributed by atoms with Gasteiger partial charge in [-0.05, 0) is 37.1 Å². The van der Waals surface area contributed by atoms with E-state index in [1.807, 2.05) is 23.1 Å². The Morgan fingerprint density at radius 1 is 1.37 bits per heavy atom. The molecule has 0 saturated heterocycles. The van der Waals surface area contributed by atoms with Gasteiger partial charge in [0.1, 0.15) is 5.02 Å². The molecule has 2 aromatic heterocycles. The van der Waals surface area contributed by atoms with Crippen LogP contribution in [0.3, 0.4) is 0 Å². The fourth-order valence-corrected chi connectivity index (χ4v) is 3.22. The zero-order chi connectivity index (χ0) is 19.0. The number of halogens is 1. The molecule has 1 aliphatic heterocycles. The quantitative estimate of drug-likeness (QED) is 0.590. The van der Waals surface area contributed by atoms with Crippen LogP contribution in [-0.2, 0) is 12.0 Å². The van der Waals surface area contributed by atoms with Crippen LogP contribution in [-0.4, -0.2) is 31.8 Å². The molecule has 0 spiro atoms. The molecule has 0 amide bonds. The maximum absolute atomic E-state index is 10.5. The second kappa shape index (κ2) is 6.58. The third kappa shape index (κ3) is 3.33. The smallest absolute Gasteiger partial charge is 0.222 e. The van der Waals surface area contributed by atoms with E-state index in [0.29, 0.717) is 16.5 Å². The molecular formula is C19H17ClN6O. The van der Waals surface area contributed by atoms with Crippen LogP contribution in [0.1, 0.15) is 23.7 Å². The fraction of sp³-hybridized carbons (Fsp3) is 0.211. The Morgan fingerprint density at radius 2 is 2.22 bits per heavy atom. The highest BCUT2D eigenvalue weighted by Crippen LogP contribution is 2.37. The highest BCUT2D eigenvalue weighted by molar-refractivity contribution is 6.33. The first-order chi connectivity index (χ1) is 12.9. The number of aromatic nitrogens is 4. The summed E-state index contributed by atoms with van der Waals surface area (Å²) in [5.74, 6) is 6.68. The summed E-state index contributed by atoms with van der Waals surface area (Å²) in [6.07, 6.45) is 3.95. The zero-order valence-corrected chi connectivity index (χ0v) is 15.3. The second-order valence-electron chi connectivity index (χ2n) is 6.44. The van der Waals surface area contributed by atoms with Crippen molar-refractivity contribution in [3.63, 3.8) is 0 Å². The molecule has 3 aromatic rings. The van der Waals surface area contributed by atoms with Gasteiger partial charge in [-0.25, -0.2) is 4.98 Å². The van der Waals surface area contributed by atoms with Gasteiger partial charge in [0, 0.05) is 24.0 Å². The molecule has 7 nitrogen and oxygen atoms in total. The van der Waals surface area contributed by atoms with Gasteiger partial charge >= 0.3 is 0 Å². The van der Waals surface area contributed by atoms with Gasteiger partial charge in [-0.3, -0.25) is 5.10 Å². The van der Waals surface area contributed by atoms with Crippen molar-refractivity contribution < 1.29 is 5.11 Å². The van der Waals surface area contributed by atoms with E-state index in [2.05, 4.69) is 32.0 Å². The molecule has 27 heavy (non-hydrogen) atoms. The van der Waals surface area contributed by atoms with Gasteiger partial charge in [-0.2, -0.15) is 10.1 Å². The molecule has 3 heterocycles. The maximum atomic E-state index is 10.5. The van der Waals surface area contributed by atoms with Gasteiger partial charge in [0.25, 0.3) is 0 Å². The van der Waals surface area contributed by atoms with E-state index in [4.69, 9.17) is 17.3 Å². The molecular weight excluding hydrogens is 364 g/mol. The Hall–Kier alpha value is -3.08. The van der Waals surface area contributed by atoms with Crippen molar-refractivity contribution in [2.45, 2.75) is 18.9 Å². The maximum Gasteiger partial charge on any atom is 0.222 e. The van der Waals surface area contributed by atoms with Crippen LogP contribution in [0.2, 0.25) is 5.02 Å². The number of nitrogens with one attached hydrogen (secondary N) is 1.